The summed E-state index contributed by atoms with van der Waals surface area (Å²) < 4.78 is 5.18. The summed E-state index contributed by atoms with van der Waals surface area (Å²) in [7, 11) is 2.03. The number of rotatable bonds is 6. The minimum Gasteiger partial charge on any atom is -0.444 e. The average Bonchev–Trinajstić information content (AvgIpc) is 2.33. The maximum atomic E-state index is 11.5. The fraction of sp³-hybridized carbons (Fsp3) is 0.938. The molecule has 5 nitrogen and oxygen atoms in total. The smallest absolute Gasteiger partial charge is 0.407 e. The first kappa shape index (κ1) is 18.2. The van der Waals surface area contributed by atoms with Crippen LogP contribution in [0.2, 0.25) is 0 Å². The molecular weight excluding hydrogens is 268 g/mol. The zero-order chi connectivity index (χ0) is 15.9. The molecule has 21 heavy (non-hydrogen) atoms. The molecule has 124 valence electrons. The van der Waals surface area contributed by atoms with E-state index in [-0.39, 0.29) is 6.09 Å². The van der Waals surface area contributed by atoms with Crippen LogP contribution in [0.25, 0.3) is 0 Å². The fourth-order valence-corrected chi connectivity index (χ4v) is 2.80. The Morgan fingerprint density at radius 3 is 2.48 bits per heavy atom. The van der Waals surface area contributed by atoms with Gasteiger partial charge < -0.3 is 20.1 Å². The summed E-state index contributed by atoms with van der Waals surface area (Å²) in [6.45, 7) is 7.73. The molecule has 0 atom stereocenters. The molecule has 0 heterocycles. The Hall–Kier alpha value is -0.810. The SMILES string of the molecule is CN(CCCNC(=O)OC(C)(C)C)CC1(O)CCCCC1. The van der Waals surface area contributed by atoms with E-state index >= 15 is 0 Å². The van der Waals surface area contributed by atoms with Gasteiger partial charge in [0.25, 0.3) is 0 Å². The third-order valence-corrected chi connectivity index (χ3v) is 3.73. The molecule has 5 heteroatoms. The second-order valence-corrected chi connectivity index (χ2v) is 7.31. The fourth-order valence-electron chi connectivity index (χ4n) is 2.80. The number of amides is 1. The van der Waals surface area contributed by atoms with E-state index in [4.69, 9.17) is 4.74 Å². The van der Waals surface area contributed by atoms with Crippen LogP contribution in [0.4, 0.5) is 4.79 Å². The van der Waals surface area contributed by atoms with Crippen LogP contribution in [0.3, 0.4) is 0 Å². The summed E-state index contributed by atoms with van der Waals surface area (Å²) in [6.07, 6.45) is 5.81. The Kier molecular flexibility index (Phi) is 6.94. The Morgan fingerprint density at radius 1 is 1.29 bits per heavy atom. The zero-order valence-corrected chi connectivity index (χ0v) is 14.1. The number of ether oxygens (including phenoxy) is 1. The molecule has 0 unspecified atom stereocenters. The first-order valence-corrected chi connectivity index (χ1v) is 8.08. The summed E-state index contributed by atoms with van der Waals surface area (Å²) in [4.78, 5) is 13.6. The second-order valence-electron chi connectivity index (χ2n) is 7.31. The van der Waals surface area contributed by atoms with E-state index in [1.807, 2.05) is 27.8 Å². The van der Waals surface area contributed by atoms with Gasteiger partial charge in [0.2, 0.25) is 0 Å². The molecule has 1 amide bonds. The third kappa shape index (κ3) is 8.27. The van der Waals surface area contributed by atoms with Crippen LogP contribution in [0.5, 0.6) is 0 Å². The van der Waals surface area contributed by atoms with E-state index in [9.17, 15) is 9.90 Å². The number of nitrogens with one attached hydrogen (secondary N) is 1. The van der Waals surface area contributed by atoms with Gasteiger partial charge in [-0.05, 0) is 53.6 Å². The van der Waals surface area contributed by atoms with Crippen LogP contribution in [0.15, 0.2) is 0 Å². The van der Waals surface area contributed by atoms with E-state index in [1.165, 1.54) is 6.42 Å². The molecule has 2 N–H and O–H groups in total. The highest BCUT2D eigenvalue weighted by atomic mass is 16.6. The minimum atomic E-state index is -0.508. The van der Waals surface area contributed by atoms with Crippen LogP contribution in [-0.4, -0.2) is 54.0 Å². The number of aliphatic hydroxyl groups is 1. The molecule has 1 rings (SSSR count). The molecule has 1 saturated carbocycles. The minimum absolute atomic E-state index is 0.365. The monoisotopic (exact) mass is 300 g/mol. The summed E-state index contributed by atoms with van der Waals surface area (Å²) in [5.74, 6) is 0. The Balaban J connectivity index is 2.13. The predicted octanol–water partition coefficient (Wildman–Crippen LogP) is 2.53. The van der Waals surface area contributed by atoms with Crippen molar-refractivity contribution in [2.45, 2.75) is 70.5 Å². The third-order valence-electron chi connectivity index (χ3n) is 3.73. The van der Waals surface area contributed by atoms with E-state index in [1.54, 1.807) is 0 Å². The van der Waals surface area contributed by atoms with E-state index < -0.39 is 11.2 Å². The van der Waals surface area contributed by atoms with Gasteiger partial charge in [-0.15, -0.1) is 0 Å². The van der Waals surface area contributed by atoms with Crippen molar-refractivity contribution >= 4 is 6.09 Å². The topological polar surface area (TPSA) is 61.8 Å². The van der Waals surface area contributed by atoms with Crippen molar-refractivity contribution in [3.8, 4) is 0 Å². The summed E-state index contributed by atoms with van der Waals surface area (Å²) in [5.41, 5.74) is -0.962. The highest BCUT2D eigenvalue weighted by molar-refractivity contribution is 5.67. The molecular formula is C16H32N2O3. The Labute approximate surface area is 129 Å². The number of nitrogens with zero attached hydrogens (tertiary/aromatic N) is 1. The standard InChI is InChI=1S/C16H32N2O3/c1-15(2,3)21-14(19)17-11-8-12-18(4)13-16(20)9-6-5-7-10-16/h20H,5-13H2,1-4H3,(H,17,19). The van der Waals surface area contributed by atoms with E-state index in [0.717, 1.165) is 45.2 Å². The van der Waals surface area contributed by atoms with Crippen molar-refractivity contribution in [3.05, 3.63) is 0 Å². The lowest BCUT2D eigenvalue weighted by Gasteiger charge is -2.35. The zero-order valence-electron chi connectivity index (χ0n) is 14.1. The van der Waals surface area contributed by atoms with Crippen molar-refractivity contribution < 1.29 is 14.6 Å². The van der Waals surface area contributed by atoms with Crippen molar-refractivity contribution in [2.75, 3.05) is 26.7 Å². The molecule has 0 bridgehead atoms. The van der Waals surface area contributed by atoms with Gasteiger partial charge in [-0.2, -0.15) is 0 Å². The van der Waals surface area contributed by atoms with E-state index in [2.05, 4.69) is 10.2 Å². The van der Waals surface area contributed by atoms with Gasteiger partial charge in [0, 0.05) is 13.1 Å². The largest absolute Gasteiger partial charge is 0.444 e. The molecule has 0 aromatic heterocycles. The first-order valence-electron chi connectivity index (χ1n) is 8.08. The van der Waals surface area contributed by atoms with Gasteiger partial charge in [-0.3, -0.25) is 0 Å². The van der Waals surface area contributed by atoms with Crippen LogP contribution in [0.1, 0.15) is 59.3 Å². The molecule has 0 aromatic rings. The van der Waals surface area contributed by atoms with Crippen LogP contribution < -0.4 is 5.32 Å². The quantitative estimate of drug-likeness (QED) is 0.740. The molecule has 0 aromatic carbocycles. The van der Waals surface area contributed by atoms with Crippen LogP contribution in [0, 0.1) is 0 Å². The summed E-state index contributed by atoms with van der Waals surface area (Å²) in [5, 5.41) is 13.2. The van der Waals surface area contributed by atoms with Gasteiger partial charge >= 0.3 is 6.09 Å². The van der Waals surface area contributed by atoms with Crippen molar-refractivity contribution in [1.82, 2.24) is 10.2 Å². The molecule has 1 aliphatic carbocycles. The lowest BCUT2D eigenvalue weighted by molar-refractivity contribution is -0.0210. The van der Waals surface area contributed by atoms with Crippen molar-refractivity contribution in [1.29, 1.82) is 0 Å². The number of carbonyl (C=O) groups is 1. The number of alkyl carbamates (subject to hydrolysis) is 1. The molecule has 0 radical (unpaired) electrons. The first-order chi connectivity index (χ1) is 9.70. The van der Waals surface area contributed by atoms with Crippen molar-refractivity contribution in [3.63, 3.8) is 0 Å². The lowest BCUT2D eigenvalue weighted by Crippen LogP contribution is -2.43. The lowest BCUT2D eigenvalue weighted by atomic mass is 9.84. The average molecular weight is 300 g/mol. The molecule has 1 aliphatic rings. The van der Waals surface area contributed by atoms with Crippen LogP contribution >= 0.6 is 0 Å². The summed E-state index contributed by atoms with van der Waals surface area (Å²) in [6, 6.07) is 0. The maximum absolute atomic E-state index is 11.5. The van der Waals surface area contributed by atoms with Gasteiger partial charge in [0.1, 0.15) is 5.60 Å². The number of carbonyl (C=O) groups excluding carboxylic acids is 1. The van der Waals surface area contributed by atoms with Gasteiger partial charge in [0.05, 0.1) is 5.60 Å². The molecule has 0 saturated heterocycles. The molecule has 0 spiro atoms. The number of hydrogen-bond acceptors (Lipinski definition) is 4. The van der Waals surface area contributed by atoms with Crippen molar-refractivity contribution in [2.24, 2.45) is 0 Å². The number of hydrogen-bond donors (Lipinski definition) is 2. The summed E-state index contributed by atoms with van der Waals surface area (Å²) >= 11 is 0. The normalized spacial score (nSPS) is 18.6. The number of likely N-dealkylation sites (N-methyl/N-ethyl adjacent to an activating group) is 1. The second kappa shape index (κ2) is 7.99. The molecule has 1 fully saturated rings. The molecule has 0 aliphatic heterocycles. The highest BCUT2D eigenvalue weighted by Gasteiger charge is 2.30. The predicted molar refractivity (Wildman–Crippen MR) is 84.4 cm³/mol. The highest BCUT2D eigenvalue weighted by Crippen LogP contribution is 2.28. The van der Waals surface area contributed by atoms with E-state index in [0.29, 0.717) is 6.54 Å². The maximum Gasteiger partial charge on any atom is 0.407 e. The Bertz CT molecular complexity index is 320. The van der Waals surface area contributed by atoms with Crippen LogP contribution in [-0.2, 0) is 4.74 Å². The Morgan fingerprint density at radius 2 is 1.90 bits per heavy atom. The van der Waals surface area contributed by atoms with Gasteiger partial charge in [0.15, 0.2) is 0 Å². The van der Waals surface area contributed by atoms with Gasteiger partial charge in [-0.25, -0.2) is 4.79 Å². The van der Waals surface area contributed by atoms with Gasteiger partial charge in [-0.1, -0.05) is 19.3 Å².